The Kier molecular flexibility index (Phi) is 5.83. The number of anilines is 1. The molecule has 0 bridgehead atoms. The number of aryl methyl sites for hydroxylation is 1. The summed E-state index contributed by atoms with van der Waals surface area (Å²) in [5, 5.41) is 13.9. The second-order valence-corrected chi connectivity index (χ2v) is 6.16. The number of hydrogen-bond acceptors (Lipinski definition) is 5. The van der Waals surface area contributed by atoms with Crippen molar-refractivity contribution in [2.75, 3.05) is 12.1 Å². The van der Waals surface area contributed by atoms with Crippen LogP contribution in [0.15, 0.2) is 42.5 Å². The molecule has 0 fully saturated rings. The van der Waals surface area contributed by atoms with Crippen molar-refractivity contribution in [2.45, 2.75) is 26.4 Å². The summed E-state index contributed by atoms with van der Waals surface area (Å²) in [7, 11) is 0. The second-order valence-electron chi connectivity index (χ2n) is 6.16. The first kappa shape index (κ1) is 18.6. The second kappa shape index (κ2) is 8.46. The number of carbonyl (C=O) groups is 1. The predicted octanol–water partition coefficient (Wildman–Crippen LogP) is 4.07. The molecular formula is C20H20N2O5. The summed E-state index contributed by atoms with van der Waals surface area (Å²) >= 11 is 0. The van der Waals surface area contributed by atoms with Gasteiger partial charge < -0.3 is 14.8 Å². The number of ether oxygens (including phenoxy) is 2. The molecule has 7 heteroatoms. The molecule has 2 aromatic rings. The molecule has 1 aliphatic rings. The number of carbonyl (C=O) groups excluding carboxylic acids is 1. The predicted molar refractivity (Wildman–Crippen MR) is 101 cm³/mol. The standard InChI is InChI=1S/C20H20N2O5/c1-2-3-14-4-7-17(8-5-14)21-19(23)9-6-15-10-18(22(24)25)11-16-12-26-13-27-20(15)16/h4-11H,2-3,12-13H2,1H3,(H,21,23)/b9-6+. The molecular weight excluding hydrogens is 348 g/mol. The minimum Gasteiger partial charge on any atom is -0.467 e. The fourth-order valence-electron chi connectivity index (χ4n) is 2.85. The lowest BCUT2D eigenvalue weighted by Crippen LogP contribution is -2.13. The molecule has 0 unspecified atom stereocenters. The van der Waals surface area contributed by atoms with E-state index >= 15 is 0 Å². The van der Waals surface area contributed by atoms with Gasteiger partial charge in [-0.2, -0.15) is 0 Å². The largest absolute Gasteiger partial charge is 0.467 e. The van der Waals surface area contributed by atoms with Gasteiger partial charge in [-0.1, -0.05) is 25.5 Å². The highest BCUT2D eigenvalue weighted by molar-refractivity contribution is 6.02. The Bertz CT molecular complexity index is 875. The maximum absolute atomic E-state index is 12.2. The van der Waals surface area contributed by atoms with E-state index < -0.39 is 4.92 Å². The molecule has 1 heterocycles. The van der Waals surface area contributed by atoms with Gasteiger partial charge >= 0.3 is 0 Å². The minimum absolute atomic E-state index is 0.0714. The molecule has 0 saturated carbocycles. The van der Waals surface area contributed by atoms with Gasteiger partial charge in [-0.25, -0.2) is 0 Å². The van der Waals surface area contributed by atoms with Crippen LogP contribution in [0.25, 0.3) is 6.08 Å². The third kappa shape index (κ3) is 4.71. The summed E-state index contributed by atoms with van der Waals surface area (Å²) in [5.41, 5.74) is 2.89. The molecule has 0 radical (unpaired) electrons. The zero-order valence-electron chi connectivity index (χ0n) is 14.9. The minimum atomic E-state index is -0.482. The van der Waals surface area contributed by atoms with Crippen molar-refractivity contribution in [3.05, 3.63) is 69.3 Å². The molecule has 2 aromatic carbocycles. The van der Waals surface area contributed by atoms with Gasteiger partial charge in [0.05, 0.1) is 11.5 Å². The Morgan fingerprint density at radius 1 is 1.30 bits per heavy atom. The number of non-ortho nitro benzene ring substituents is 1. The van der Waals surface area contributed by atoms with Crippen molar-refractivity contribution in [3.8, 4) is 5.75 Å². The summed E-state index contributed by atoms with van der Waals surface area (Å²) in [6, 6.07) is 10.5. The van der Waals surface area contributed by atoms with E-state index in [-0.39, 0.29) is 25.0 Å². The molecule has 0 atom stereocenters. The van der Waals surface area contributed by atoms with Gasteiger partial charge in [0.2, 0.25) is 5.91 Å². The Hall–Kier alpha value is -3.19. The van der Waals surface area contributed by atoms with Crippen molar-refractivity contribution in [1.82, 2.24) is 0 Å². The summed E-state index contributed by atoms with van der Waals surface area (Å²) in [4.78, 5) is 22.8. The van der Waals surface area contributed by atoms with E-state index in [2.05, 4.69) is 12.2 Å². The Morgan fingerprint density at radius 3 is 2.78 bits per heavy atom. The van der Waals surface area contributed by atoms with Gasteiger partial charge in [0, 0.05) is 35.0 Å². The van der Waals surface area contributed by atoms with Crippen molar-refractivity contribution >= 4 is 23.4 Å². The maximum atomic E-state index is 12.2. The quantitative estimate of drug-likeness (QED) is 0.472. The van der Waals surface area contributed by atoms with Crippen LogP contribution in [0.1, 0.15) is 30.0 Å². The summed E-state index contributed by atoms with van der Waals surface area (Å²) in [6.45, 7) is 2.42. The van der Waals surface area contributed by atoms with Crippen molar-refractivity contribution < 1.29 is 19.2 Å². The van der Waals surface area contributed by atoms with Crippen LogP contribution in [-0.4, -0.2) is 17.6 Å². The first-order valence-corrected chi connectivity index (χ1v) is 8.66. The summed E-state index contributed by atoms with van der Waals surface area (Å²) in [6.07, 6.45) is 4.90. The molecule has 1 N–H and O–H groups in total. The third-order valence-corrected chi connectivity index (χ3v) is 4.11. The molecule has 140 valence electrons. The topological polar surface area (TPSA) is 90.7 Å². The molecule has 0 aliphatic carbocycles. The number of hydrogen-bond donors (Lipinski definition) is 1. The van der Waals surface area contributed by atoms with Crippen molar-refractivity contribution in [1.29, 1.82) is 0 Å². The fourth-order valence-corrected chi connectivity index (χ4v) is 2.85. The third-order valence-electron chi connectivity index (χ3n) is 4.11. The highest BCUT2D eigenvalue weighted by Crippen LogP contribution is 2.33. The van der Waals surface area contributed by atoms with E-state index in [4.69, 9.17) is 9.47 Å². The van der Waals surface area contributed by atoms with E-state index in [1.807, 2.05) is 24.3 Å². The summed E-state index contributed by atoms with van der Waals surface area (Å²) < 4.78 is 10.6. The molecule has 0 spiro atoms. The average molecular weight is 368 g/mol. The fraction of sp³-hybridized carbons (Fsp3) is 0.250. The number of rotatable bonds is 6. The van der Waals surface area contributed by atoms with Crippen LogP contribution < -0.4 is 10.1 Å². The number of benzene rings is 2. The number of nitrogens with zero attached hydrogens (tertiary/aromatic N) is 1. The van der Waals surface area contributed by atoms with Crippen LogP contribution in [0, 0.1) is 10.1 Å². The molecule has 0 aromatic heterocycles. The van der Waals surface area contributed by atoms with E-state index in [1.54, 1.807) is 0 Å². The maximum Gasteiger partial charge on any atom is 0.270 e. The van der Waals surface area contributed by atoms with Gasteiger partial charge in [-0.05, 0) is 30.2 Å². The Morgan fingerprint density at radius 2 is 2.07 bits per heavy atom. The highest BCUT2D eigenvalue weighted by Gasteiger charge is 2.19. The smallest absolute Gasteiger partial charge is 0.270 e. The average Bonchev–Trinajstić information content (AvgIpc) is 2.67. The van der Waals surface area contributed by atoms with Gasteiger partial charge in [0.15, 0.2) is 6.79 Å². The first-order valence-electron chi connectivity index (χ1n) is 8.66. The van der Waals surface area contributed by atoms with Gasteiger partial charge in [0.1, 0.15) is 5.75 Å². The van der Waals surface area contributed by atoms with E-state index in [1.165, 1.54) is 29.8 Å². The van der Waals surface area contributed by atoms with Crippen LogP contribution in [0.4, 0.5) is 11.4 Å². The molecule has 1 amide bonds. The highest BCUT2D eigenvalue weighted by atomic mass is 16.7. The SMILES string of the molecule is CCCc1ccc(NC(=O)/C=C/c2cc([N+](=O)[O-])cc3c2OCOC3)cc1. The van der Waals surface area contributed by atoms with E-state index in [0.29, 0.717) is 22.6 Å². The Balaban J connectivity index is 1.75. The first-order chi connectivity index (χ1) is 13.1. The number of fused-ring (bicyclic) bond motifs is 1. The molecule has 27 heavy (non-hydrogen) atoms. The van der Waals surface area contributed by atoms with E-state index in [9.17, 15) is 14.9 Å². The number of nitro groups is 1. The van der Waals surface area contributed by atoms with Crippen LogP contribution in [-0.2, 0) is 22.6 Å². The van der Waals surface area contributed by atoms with Crippen LogP contribution in [0.2, 0.25) is 0 Å². The van der Waals surface area contributed by atoms with Gasteiger partial charge in [-0.15, -0.1) is 0 Å². The Labute approximate surface area is 156 Å². The van der Waals surface area contributed by atoms with Crippen molar-refractivity contribution in [3.63, 3.8) is 0 Å². The van der Waals surface area contributed by atoms with Crippen LogP contribution in [0.5, 0.6) is 5.75 Å². The molecule has 7 nitrogen and oxygen atoms in total. The van der Waals surface area contributed by atoms with Crippen molar-refractivity contribution in [2.24, 2.45) is 0 Å². The number of nitro benzene ring substituents is 1. The lowest BCUT2D eigenvalue weighted by Gasteiger charge is -2.19. The molecule has 3 rings (SSSR count). The monoisotopic (exact) mass is 368 g/mol. The molecule has 0 saturated heterocycles. The number of amides is 1. The van der Waals surface area contributed by atoms with Gasteiger partial charge in [0.25, 0.3) is 5.69 Å². The lowest BCUT2D eigenvalue weighted by molar-refractivity contribution is -0.385. The normalized spacial score (nSPS) is 13.1. The summed E-state index contributed by atoms with van der Waals surface area (Å²) in [5.74, 6) is 0.172. The lowest BCUT2D eigenvalue weighted by atomic mass is 10.1. The van der Waals surface area contributed by atoms with Crippen LogP contribution >= 0.6 is 0 Å². The molecule has 1 aliphatic heterocycles. The van der Waals surface area contributed by atoms with Crippen LogP contribution in [0.3, 0.4) is 0 Å². The van der Waals surface area contributed by atoms with E-state index in [0.717, 1.165) is 12.8 Å². The zero-order chi connectivity index (χ0) is 19.2. The van der Waals surface area contributed by atoms with Gasteiger partial charge in [-0.3, -0.25) is 14.9 Å². The zero-order valence-corrected chi connectivity index (χ0v) is 14.9. The number of nitrogens with one attached hydrogen (secondary N) is 1.